The van der Waals surface area contributed by atoms with E-state index >= 15 is 0 Å². The van der Waals surface area contributed by atoms with Gasteiger partial charge in [-0.05, 0) is 0 Å². The zero-order valence-corrected chi connectivity index (χ0v) is 13.6. The maximum Gasteiger partial charge on any atom is 0.334 e. The van der Waals surface area contributed by atoms with Crippen molar-refractivity contribution >= 4 is 62.3 Å². The highest BCUT2D eigenvalue weighted by molar-refractivity contribution is 8.08. The molecule has 3 atom stereocenters. The lowest BCUT2D eigenvalue weighted by atomic mass is 10.1. The van der Waals surface area contributed by atoms with Crippen molar-refractivity contribution in [3.05, 3.63) is 0 Å². The van der Waals surface area contributed by atoms with E-state index in [1.165, 1.54) is 0 Å². The van der Waals surface area contributed by atoms with E-state index in [0.717, 1.165) is 0 Å². The molecule has 0 amide bonds. The molecule has 0 aromatic heterocycles. The molecule has 0 bridgehead atoms. The Kier molecular flexibility index (Phi) is 8.90. The molecule has 0 saturated heterocycles. The molecule has 20 heavy (non-hydrogen) atoms. The molecule has 0 aromatic carbocycles. The van der Waals surface area contributed by atoms with Crippen molar-refractivity contribution in [1.82, 2.24) is 0 Å². The third-order valence-electron chi connectivity index (χ3n) is 2.24. The lowest BCUT2D eigenvalue weighted by Gasteiger charge is -2.24. The van der Waals surface area contributed by atoms with Crippen LogP contribution in [0.15, 0.2) is 0 Å². The minimum Gasteiger partial charge on any atom is -0.456 e. The predicted molar refractivity (Wildman–Crippen MR) is 83.5 cm³/mol. The van der Waals surface area contributed by atoms with Gasteiger partial charge >= 0.3 is 5.97 Å². The van der Waals surface area contributed by atoms with Gasteiger partial charge in [-0.1, -0.05) is 0 Å². The van der Waals surface area contributed by atoms with Gasteiger partial charge < -0.3 is 25.2 Å². The second kappa shape index (κ2) is 8.73. The summed E-state index contributed by atoms with van der Waals surface area (Å²) in [6.07, 6.45) is -5.61. The van der Waals surface area contributed by atoms with E-state index in [1.807, 2.05) is 0 Å². The standard InChI is InChI=1S/C9H16O7S4/c10-1-3(11)5(13)6(14)4(12)2-16-7(15)9(19,20)8(17)18/h3,5-6,8,10-11,13-14,17-20H,1-2H2/t3-,5+,6+/m1/s1. The van der Waals surface area contributed by atoms with Gasteiger partial charge in [-0.25, -0.2) is 4.79 Å². The Balaban J connectivity index is 4.46. The zero-order chi connectivity index (χ0) is 16.1. The second-order valence-corrected chi connectivity index (χ2v) is 7.03. The van der Waals surface area contributed by atoms with Crippen LogP contribution in [0.1, 0.15) is 0 Å². The Morgan fingerprint density at radius 3 is 2.05 bits per heavy atom. The van der Waals surface area contributed by atoms with E-state index in [1.54, 1.807) is 0 Å². The highest BCUT2D eigenvalue weighted by Gasteiger charge is 2.38. The van der Waals surface area contributed by atoms with Crippen LogP contribution in [-0.2, 0) is 14.3 Å². The SMILES string of the molecule is O=C(COC(=O)C(S)(S)C(S)S)[C@H](O)[C@@H](O)[C@H](O)CO. The molecule has 0 radical (unpaired) electrons. The normalized spacial score (nSPS) is 16.6. The minimum absolute atomic E-state index is 0.845. The molecular formula is C9H16O7S4. The van der Waals surface area contributed by atoms with Gasteiger partial charge in [0.2, 0.25) is 5.78 Å². The van der Waals surface area contributed by atoms with Crippen LogP contribution >= 0.6 is 50.5 Å². The van der Waals surface area contributed by atoms with Crippen LogP contribution in [0.5, 0.6) is 0 Å². The maximum absolute atomic E-state index is 11.5. The van der Waals surface area contributed by atoms with Gasteiger partial charge in [-0.15, -0.1) is 25.3 Å². The molecule has 7 nitrogen and oxygen atoms in total. The van der Waals surface area contributed by atoms with Crippen LogP contribution in [0.2, 0.25) is 0 Å². The second-order valence-electron chi connectivity index (χ2n) is 3.83. The van der Waals surface area contributed by atoms with Crippen LogP contribution in [0.3, 0.4) is 0 Å². The highest BCUT2D eigenvalue weighted by Crippen LogP contribution is 2.31. The Bertz CT molecular complexity index is 349. The molecule has 0 unspecified atom stereocenters. The molecule has 0 aliphatic rings. The molecule has 11 heteroatoms. The van der Waals surface area contributed by atoms with Gasteiger partial charge in [-0.2, -0.15) is 25.3 Å². The molecule has 0 heterocycles. The van der Waals surface area contributed by atoms with E-state index in [2.05, 4.69) is 55.3 Å². The Morgan fingerprint density at radius 2 is 1.65 bits per heavy atom. The molecule has 0 rings (SSSR count). The Labute approximate surface area is 137 Å². The van der Waals surface area contributed by atoms with E-state index in [4.69, 9.17) is 10.2 Å². The van der Waals surface area contributed by atoms with Crippen molar-refractivity contribution in [1.29, 1.82) is 0 Å². The number of Topliss-reactive ketones (excluding diaryl/α,β-unsaturated/α-hetero) is 1. The summed E-state index contributed by atoms with van der Waals surface area (Å²) in [6, 6.07) is 0. The first-order valence-corrected chi connectivity index (χ1v) is 7.14. The Morgan fingerprint density at radius 1 is 1.15 bits per heavy atom. The third kappa shape index (κ3) is 5.64. The number of aliphatic hydroxyl groups excluding tert-OH is 4. The fourth-order valence-electron chi connectivity index (χ4n) is 0.943. The number of esters is 1. The van der Waals surface area contributed by atoms with Crippen molar-refractivity contribution in [2.75, 3.05) is 13.2 Å². The summed E-state index contributed by atoms with van der Waals surface area (Å²) in [5, 5.41) is 36.3. The Hall–Kier alpha value is 0.380. The first-order chi connectivity index (χ1) is 9.05. The minimum atomic E-state index is -2.01. The maximum atomic E-state index is 11.5. The highest BCUT2D eigenvalue weighted by atomic mass is 32.2. The first kappa shape index (κ1) is 20.4. The number of ketones is 1. The number of thiol groups is 4. The summed E-state index contributed by atoms with van der Waals surface area (Å²) in [5.41, 5.74) is 0. The van der Waals surface area contributed by atoms with Gasteiger partial charge in [0.1, 0.15) is 18.3 Å². The smallest absolute Gasteiger partial charge is 0.334 e. The van der Waals surface area contributed by atoms with Crippen molar-refractivity contribution in [2.45, 2.75) is 27.0 Å². The quantitative estimate of drug-likeness (QED) is 0.141. The molecule has 0 spiro atoms. The number of ether oxygens (including phenoxy) is 1. The van der Waals surface area contributed by atoms with Crippen LogP contribution in [0, 0.1) is 0 Å². The number of carbonyl (C=O) groups excluding carboxylic acids is 2. The predicted octanol–water partition coefficient (Wildman–Crippen LogP) is -2.08. The fraction of sp³-hybridized carbons (Fsp3) is 0.778. The molecule has 4 N–H and O–H groups in total. The summed E-state index contributed by atoms with van der Waals surface area (Å²) in [4.78, 5) is 23.0. The first-order valence-electron chi connectivity index (χ1n) is 5.21. The summed E-state index contributed by atoms with van der Waals surface area (Å²) in [5.74, 6) is -2.08. The van der Waals surface area contributed by atoms with Crippen molar-refractivity contribution in [2.24, 2.45) is 0 Å². The molecule has 0 aromatic rings. The number of hydrogen-bond donors (Lipinski definition) is 8. The largest absolute Gasteiger partial charge is 0.456 e. The average Bonchev–Trinajstić information content (AvgIpc) is 2.41. The van der Waals surface area contributed by atoms with E-state index in [9.17, 15) is 19.8 Å². The lowest BCUT2D eigenvalue weighted by Crippen LogP contribution is -2.46. The number of hydrogen-bond acceptors (Lipinski definition) is 11. The van der Waals surface area contributed by atoms with Gasteiger partial charge in [0, 0.05) is 0 Å². The molecule has 0 fully saturated rings. The summed E-state index contributed by atoms with van der Waals surface area (Å²) >= 11 is 15.4. The fourth-order valence-corrected chi connectivity index (χ4v) is 1.28. The molecule has 0 aliphatic heterocycles. The van der Waals surface area contributed by atoms with E-state index in [0.29, 0.717) is 0 Å². The van der Waals surface area contributed by atoms with Crippen LogP contribution in [0.4, 0.5) is 0 Å². The third-order valence-corrected chi connectivity index (χ3v) is 4.71. The van der Waals surface area contributed by atoms with Crippen LogP contribution in [-0.4, -0.2) is 72.4 Å². The monoisotopic (exact) mass is 364 g/mol. The summed E-state index contributed by atoms with van der Waals surface area (Å²) in [7, 11) is 0. The van der Waals surface area contributed by atoms with Gasteiger partial charge in [-0.3, -0.25) is 4.79 Å². The molecule has 0 aliphatic carbocycles. The average molecular weight is 364 g/mol. The van der Waals surface area contributed by atoms with Gasteiger partial charge in [0.05, 0.1) is 11.2 Å². The molecular weight excluding hydrogens is 348 g/mol. The van der Waals surface area contributed by atoms with Crippen molar-refractivity contribution in [3.8, 4) is 0 Å². The zero-order valence-electron chi connectivity index (χ0n) is 10.0. The number of rotatable bonds is 8. The van der Waals surface area contributed by atoms with Gasteiger partial charge in [0.25, 0.3) is 0 Å². The summed E-state index contributed by atoms with van der Waals surface area (Å²) in [6.45, 7) is -1.71. The number of carbonyl (C=O) groups is 2. The topological polar surface area (TPSA) is 124 Å². The molecule has 0 saturated carbocycles. The van der Waals surface area contributed by atoms with Gasteiger partial charge in [0.15, 0.2) is 10.7 Å². The van der Waals surface area contributed by atoms with Crippen molar-refractivity contribution < 1.29 is 34.8 Å². The molecule has 118 valence electrons. The van der Waals surface area contributed by atoms with Crippen molar-refractivity contribution in [3.63, 3.8) is 0 Å². The summed E-state index contributed by atoms with van der Waals surface area (Å²) < 4.78 is 2.01. The van der Waals surface area contributed by atoms with Crippen LogP contribution in [0.25, 0.3) is 0 Å². The van der Waals surface area contributed by atoms with E-state index in [-0.39, 0.29) is 0 Å². The number of aliphatic hydroxyl groups is 4. The van der Waals surface area contributed by atoms with Crippen LogP contribution < -0.4 is 0 Å². The lowest BCUT2D eigenvalue weighted by molar-refractivity contribution is -0.155. The van der Waals surface area contributed by atoms with E-state index < -0.39 is 51.9 Å².